The van der Waals surface area contributed by atoms with Crippen LogP contribution in [0.1, 0.15) is 46.9 Å². The fourth-order valence-corrected chi connectivity index (χ4v) is 3.56. The molecular formula is C31H30N4O5. The van der Waals surface area contributed by atoms with Crippen LogP contribution < -0.4 is 21.4 Å². The second-order valence-electron chi connectivity index (χ2n) is 8.88. The summed E-state index contributed by atoms with van der Waals surface area (Å²) in [6, 6.07) is 22.1. The predicted octanol–water partition coefficient (Wildman–Crippen LogP) is 2.36. The first-order chi connectivity index (χ1) is 19.3. The maximum absolute atomic E-state index is 12.3. The van der Waals surface area contributed by atoms with Gasteiger partial charge < -0.3 is 21.1 Å². The Morgan fingerprint density at radius 3 is 1.95 bits per heavy atom. The Hall–Kier alpha value is -4.93. The average molecular weight is 539 g/mol. The molecule has 40 heavy (non-hydrogen) atoms. The Labute approximate surface area is 233 Å². The molecule has 3 rings (SSSR count). The summed E-state index contributed by atoms with van der Waals surface area (Å²) >= 11 is 0. The molecule has 6 N–H and O–H groups in total. The minimum atomic E-state index is -1.30. The first kappa shape index (κ1) is 29.6. The van der Waals surface area contributed by atoms with Crippen molar-refractivity contribution in [3.63, 3.8) is 0 Å². The van der Waals surface area contributed by atoms with Crippen molar-refractivity contribution in [1.29, 1.82) is 0 Å². The van der Waals surface area contributed by atoms with Crippen molar-refractivity contribution < 1.29 is 24.7 Å². The second-order valence-corrected chi connectivity index (χ2v) is 8.88. The highest BCUT2D eigenvalue weighted by molar-refractivity contribution is 5.97. The number of rotatable bonds is 9. The molecule has 3 aromatic carbocycles. The quantitative estimate of drug-likeness (QED) is 0.140. The minimum Gasteiger partial charge on any atom is -0.391 e. The molecule has 9 heteroatoms. The Kier molecular flexibility index (Phi) is 11.0. The maximum Gasteiger partial charge on any atom is 0.268 e. The number of hydrogen-bond donors (Lipinski definition) is 6. The highest BCUT2D eigenvalue weighted by Crippen LogP contribution is 2.12. The van der Waals surface area contributed by atoms with E-state index in [4.69, 9.17) is 5.21 Å². The van der Waals surface area contributed by atoms with E-state index in [1.165, 1.54) is 24.5 Å². The molecule has 0 aliphatic heterocycles. The monoisotopic (exact) mass is 538 g/mol. The van der Waals surface area contributed by atoms with E-state index in [1.54, 1.807) is 36.4 Å². The van der Waals surface area contributed by atoms with Crippen LogP contribution in [0.2, 0.25) is 0 Å². The summed E-state index contributed by atoms with van der Waals surface area (Å²) in [6.07, 6.45) is -1.20. The van der Waals surface area contributed by atoms with Crippen molar-refractivity contribution >= 4 is 23.4 Å². The molecule has 3 aromatic rings. The molecule has 204 valence electrons. The van der Waals surface area contributed by atoms with Crippen molar-refractivity contribution in [3.8, 4) is 23.7 Å². The zero-order chi connectivity index (χ0) is 28.9. The summed E-state index contributed by atoms with van der Waals surface area (Å²) in [7, 11) is 0. The van der Waals surface area contributed by atoms with Crippen LogP contribution in [0.15, 0.2) is 78.9 Å². The van der Waals surface area contributed by atoms with Gasteiger partial charge in [-0.15, -0.1) is 0 Å². The number of amides is 3. The number of nitrogens with one attached hydrogen (secondary N) is 4. The molecule has 0 unspecified atom stereocenters. The van der Waals surface area contributed by atoms with E-state index < -0.39 is 24.0 Å². The molecule has 0 saturated heterocycles. The summed E-state index contributed by atoms with van der Waals surface area (Å²) in [4.78, 5) is 36.2. The molecule has 0 spiro atoms. The SMILES string of the molecule is C[C@H](NCC(=O)Nc1ccc(C#CC#Cc2ccc(C(=O)N[C@H](C(=O)NO)[C@@H](C)O)cc2)cc1)c1ccccc1. The predicted molar refractivity (Wildman–Crippen MR) is 151 cm³/mol. The lowest BCUT2D eigenvalue weighted by Crippen LogP contribution is -2.51. The van der Waals surface area contributed by atoms with Gasteiger partial charge >= 0.3 is 0 Å². The third-order valence-electron chi connectivity index (χ3n) is 5.82. The third kappa shape index (κ3) is 9.12. The zero-order valence-corrected chi connectivity index (χ0v) is 22.1. The van der Waals surface area contributed by atoms with Gasteiger partial charge in [0.05, 0.1) is 12.6 Å². The van der Waals surface area contributed by atoms with E-state index in [0.29, 0.717) is 11.3 Å². The molecule has 0 heterocycles. The third-order valence-corrected chi connectivity index (χ3v) is 5.82. The van der Waals surface area contributed by atoms with Crippen molar-refractivity contribution in [3.05, 3.63) is 101 Å². The lowest BCUT2D eigenvalue weighted by Gasteiger charge is -2.19. The first-order valence-electron chi connectivity index (χ1n) is 12.5. The van der Waals surface area contributed by atoms with Gasteiger partial charge in [0, 0.05) is 28.4 Å². The van der Waals surface area contributed by atoms with E-state index in [2.05, 4.69) is 39.6 Å². The maximum atomic E-state index is 12.3. The minimum absolute atomic E-state index is 0.0544. The Morgan fingerprint density at radius 2 is 1.40 bits per heavy atom. The van der Waals surface area contributed by atoms with Crippen LogP contribution >= 0.6 is 0 Å². The largest absolute Gasteiger partial charge is 0.391 e. The molecule has 0 radical (unpaired) electrons. The molecule has 0 aromatic heterocycles. The number of carbonyl (C=O) groups excluding carboxylic acids is 3. The van der Waals surface area contributed by atoms with Crippen LogP contribution in [0.25, 0.3) is 0 Å². The summed E-state index contributed by atoms with van der Waals surface area (Å²) < 4.78 is 0. The van der Waals surface area contributed by atoms with Gasteiger partial charge in [-0.05, 0) is 79.8 Å². The van der Waals surface area contributed by atoms with Crippen molar-refractivity contribution in [1.82, 2.24) is 16.1 Å². The summed E-state index contributed by atoms with van der Waals surface area (Å²) in [5.74, 6) is 9.68. The molecule has 0 saturated carbocycles. The highest BCUT2D eigenvalue weighted by Gasteiger charge is 2.25. The smallest absolute Gasteiger partial charge is 0.268 e. The topological polar surface area (TPSA) is 140 Å². The zero-order valence-electron chi connectivity index (χ0n) is 22.1. The summed E-state index contributed by atoms with van der Waals surface area (Å²) in [5, 5.41) is 26.8. The number of hydroxylamine groups is 1. The van der Waals surface area contributed by atoms with Gasteiger partial charge in [0.25, 0.3) is 11.8 Å². The average Bonchev–Trinajstić information content (AvgIpc) is 2.97. The van der Waals surface area contributed by atoms with Crippen LogP contribution in [0.4, 0.5) is 5.69 Å². The molecule has 3 amide bonds. The number of hydrogen-bond acceptors (Lipinski definition) is 6. The van der Waals surface area contributed by atoms with Crippen LogP contribution in [0.5, 0.6) is 0 Å². The van der Waals surface area contributed by atoms with Crippen molar-refractivity contribution in [2.24, 2.45) is 0 Å². The Bertz CT molecular complexity index is 1430. The number of aliphatic hydroxyl groups is 1. The first-order valence-corrected chi connectivity index (χ1v) is 12.5. The molecule has 0 aliphatic carbocycles. The van der Waals surface area contributed by atoms with Crippen molar-refractivity contribution in [2.45, 2.75) is 32.0 Å². The van der Waals surface area contributed by atoms with Crippen LogP contribution in [0, 0.1) is 23.7 Å². The van der Waals surface area contributed by atoms with Gasteiger partial charge in [0.2, 0.25) is 5.91 Å². The van der Waals surface area contributed by atoms with E-state index in [9.17, 15) is 19.5 Å². The van der Waals surface area contributed by atoms with Crippen molar-refractivity contribution in [2.75, 3.05) is 11.9 Å². The number of benzene rings is 3. The number of carbonyl (C=O) groups is 3. The van der Waals surface area contributed by atoms with Gasteiger partial charge in [0.1, 0.15) is 6.04 Å². The van der Waals surface area contributed by atoms with Crippen LogP contribution in [0.3, 0.4) is 0 Å². The van der Waals surface area contributed by atoms with Gasteiger partial charge in [-0.3, -0.25) is 19.6 Å². The fraction of sp³-hybridized carbons (Fsp3) is 0.194. The molecule has 0 fully saturated rings. The van der Waals surface area contributed by atoms with Gasteiger partial charge in [-0.25, -0.2) is 5.48 Å². The van der Waals surface area contributed by atoms with Gasteiger partial charge in [0.15, 0.2) is 0 Å². The molecular weight excluding hydrogens is 508 g/mol. The number of aliphatic hydroxyl groups excluding tert-OH is 1. The normalized spacial score (nSPS) is 12.3. The Morgan fingerprint density at radius 1 is 0.825 bits per heavy atom. The summed E-state index contributed by atoms with van der Waals surface area (Å²) in [6.45, 7) is 3.51. The Balaban J connectivity index is 1.49. The lowest BCUT2D eigenvalue weighted by atomic mass is 10.1. The summed E-state index contributed by atoms with van der Waals surface area (Å²) in [5.41, 5.74) is 4.79. The van der Waals surface area contributed by atoms with Gasteiger partial charge in [-0.2, -0.15) is 0 Å². The van der Waals surface area contributed by atoms with Gasteiger partial charge in [-0.1, -0.05) is 42.2 Å². The molecule has 9 nitrogen and oxygen atoms in total. The van der Waals surface area contributed by atoms with E-state index in [1.807, 2.05) is 37.3 Å². The van der Waals surface area contributed by atoms with E-state index in [-0.39, 0.29) is 24.1 Å². The van der Waals surface area contributed by atoms with E-state index >= 15 is 0 Å². The number of anilines is 1. The van der Waals surface area contributed by atoms with Crippen LogP contribution in [-0.2, 0) is 9.59 Å². The fourth-order valence-electron chi connectivity index (χ4n) is 3.56. The second kappa shape index (κ2) is 14.9. The van der Waals surface area contributed by atoms with Crippen LogP contribution in [-0.4, -0.2) is 46.7 Å². The lowest BCUT2D eigenvalue weighted by molar-refractivity contribution is -0.133. The molecule has 0 aliphatic rings. The molecule has 0 bridgehead atoms. The standard InChI is InChI=1S/C31H30N4O5/c1-21(25-10-4-3-5-11-25)32-20-28(37)33-27-18-14-24(15-19-27)9-7-6-8-23-12-16-26(17-13-23)30(38)34-29(22(2)36)31(39)35-40/h3-5,10-19,21-22,29,32,36,40H,20H2,1-2H3,(H,33,37)(H,34,38)(H,35,39)/t21-,22+,29-/m0/s1. The van der Waals surface area contributed by atoms with E-state index in [0.717, 1.165) is 11.1 Å². The molecule has 3 atom stereocenters. The highest BCUT2D eigenvalue weighted by atomic mass is 16.5.